The van der Waals surface area contributed by atoms with Gasteiger partial charge in [-0.1, -0.05) is 0 Å². The fraction of sp³-hybridized carbons (Fsp3) is 0.947. The molecular weight excluding hydrogens is 425 g/mol. The number of rotatable bonds is 11. The first-order valence-electron chi connectivity index (χ1n) is 9.95. The monoisotopic (exact) mass is 465 g/mol. The number of aliphatic imine (C=N–C) groups is 1. The molecular formula is C19H40IN5. The first kappa shape index (κ1) is 23.0. The average Bonchev–Trinajstić information content (AvgIpc) is 3.40. The van der Waals surface area contributed by atoms with Gasteiger partial charge in [-0.05, 0) is 59.3 Å². The Morgan fingerprint density at radius 3 is 1.96 bits per heavy atom. The van der Waals surface area contributed by atoms with E-state index in [1.165, 1.54) is 32.2 Å². The maximum Gasteiger partial charge on any atom is 0.191 e. The summed E-state index contributed by atoms with van der Waals surface area (Å²) in [7, 11) is 1.86. The molecule has 2 aliphatic rings. The number of guanidine groups is 1. The summed E-state index contributed by atoms with van der Waals surface area (Å²) in [4.78, 5) is 9.56. The third-order valence-electron chi connectivity index (χ3n) is 5.16. The summed E-state index contributed by atoms with van der Waals surface area (Å²) in [6.07, 6.45) is 5.70. The van der Waals surface area contributed by atoms with Crippen LogP contribution in [0.1, 0.15) is 53.4 Å². The average molecular weight is 465 g/mol. The molecule has 2 fully saturated rings. The lowest BCUT2D eigenvalue weighted by Gasteiger charge is -2.30. The first-order chi connectivity index (χ1) is 11.5. The van der Waals surface area contributed by atoms with E-state index in [1.807, 2.05) is 7.05 Å². The van der Waals surface area contributed by atoms with Crippen molar-refractivity contribution in [3.8, 4) is 0 Å². The van der Waals surface area contributed by atoms with Crippen LogP contribution in [0.3, 0.4) is 0 Å². The second-order valence-corrected chi connectivity index (χ2v) is 8.02. The molecule has 5 nitrogen and oxygen atoms in total. The normalized spacial score (nSPS) is 18.2. The highest BCUT2D eigenvalue weighted by molar-refractivity contribution is 14.0. The Morgan fingerprint density at radius 1 is 0.960 bits per heavy atom. The van der Waals surface area contributed by atoms with Gasteiger partial charge in [0.2, 0.25) is 0 Å². The molecule has 0 saturated heterocycles. The molecule has 0 bridgehead atoms. The molecule has 2 rings (SSSR count). The molecule has 0 aromatic heterocycles. The van der Waals surface area contributed by atoms with Gasteiger partial charge in [0.15, 0.2) is 5.96 Å². The predicted octanol–water partition coefficient (Wildman–Crippen LogP) is 2.76. The second-order valence-electron chi connectivity index (χ2n) is 8.02. The Bertz CT molecular complexity index is 383. The van der Waals surface area contributed by atoms with Crippen LogP contribution in [-0.4, -0.2) is 73.7 Å². The van der Waals surface area contributed by atoms with E-state index in [0.717, 1.165) is 44.1 Å². The quantitative estimate of drug-likeness (QED) is 0.280. The molecule has 25 heavy (non-hydrogen) atoms. The summed E-state index contributed by atoms with van der Waals surface area (Å²) < 4.78 is 0. The van der Waals surface area contributed by atoms with Crippen LogP contribution < -0.4 is 10.6 Å². The summed E-state index contributed by atoms with van der Waals surface area (Å²) in [5, 5.41) is 6.95. The van der Waals surface area contributed by atoms with E-state index >= 15 is 0 Å². The van der Waals surface area contributed by atoms with Crippen LogP contribution in [0.5, 0.6) is 0 Å². The van der Waals surface area contributed by atoms with E-state index in [2.05, 4.69) is 53.1 Å². The smallest absolute Gasteiger partial charge is 0.191 e. The van der Waals surface area contributed by atoms with Gasteiger partial charge in [-0.2, -0.15) is 0 Å². The SMILES string of the molecule is CN=C(NCCN(CC1CC1)C1CC1)NCCN(C(C)C)C(C)C.I. The van der Waals surface area contributed by atoms with Crippen molar-refractivity contribution in [1.29, 1.82) is 0 Å². The van der Waals surface area contributed by atoms with Gasteiger partial charge in [-0.15, -0.1) is 24.0 Å². The first-order valence-corrected chi connectivity index (χ1v) is 9.95. The zero-order valence-electron chi connectivity index (χ0n) is 16.9. The van der Waals surface area contributed by atoms with Gasteiger partial charge in [0.05, 0.1) is 0 Å². The predicted molar refractivity (Wildman–Crippen MR) is 119 cm³/mol. The van der Waals surface area contributed by atoms with Crippen molar-refractivity contribution in [2.45, 2.75) is 71.5 Å². The molecule has 0 heterocycles. The van der Waals surface area contributed by atoms with Crippen LogP contribution >= 0.6 is 24.0 Å². The van der Waals surface area contributed by atoms with E-state index < -0.39 is 0 Å². The summed E-state index contributed by atoms with van der Waals surface area (Å²) in [5.74, 6) is 1.92. The van der Waals surface area contributed by atoms with E-state index in [9.17, 15) is 0 Å². The van der Waals surface area contributed by atoms with Crippen LogP contribution in [0, 0.1) is 5.92 Å². The van der Waals surface area contributed by atoms with Crippen LogP contribution in [-0.2, 0) is 0 Å². The van der Waals surface area contributed by atoms with Crippen molar-refractivity contribution in [3.05, 3.63) is 0 Å². The Labute approximate surface area is 172 Å². The fourth-order valence-electron chi connectivity index (χ4n) is 3.45. The minimum atomic E-state index is 0. The van der Waals surface area contributed by atoms with Crippen molar-refractivity contribution < 1.29 is 0 Å². The van der Waals surface area contributed by atoms with Crippen molar-refractivity contribution in [2.75, 3.05) is 39.8 Å². The number of hydrogen-bond acceptors (Lipinski definition) is 3. The minimum absolute atomic E-state index is 0. The molecule has 0 atom stereocenters. The molecule has 2 N–H and O–H groups in total. The van der Waals surface area contributed by atoms with Gasteiger partial charge >= 0.3 is 0 Å². The van der Waals surface area contributed by atoms with E-state index in [0.29, 0.717) is 12.1 Å². The molecule has 0 amide bonds. The fourth-order valence-corrected chi connectivity index (χ4v) is 3.45. The van der Waals surface area contributed by atoms with E-state index in [1.54, 1.807) is 0 Å². The summed E-state index contributed by atoms with van der Waals surface area (Å²) in [6, 6.07) is 2.03. The number of nitrogens with zero attached hydrogens (tertiary/aromatic N) is 3. The Hall–Kier alpha value is -0.0800. The van der Waals surface area contributed by atoms with Gasteiger partial charge in [0, 0.05) is 57.9 Å². The van der Waals surface area contributed by atoms with Crippen LogP contribution in [0.25, 0.3) is 0 Å². The summed E-state index contributed by atoms with van der Waals surface area (Å²) >= 11 is 0. The van der Waals surface area contributed by atoms with Gasteiger partial charge in [-0.3, -0.25) is 14.8 Å². The molecule has 0 aromatic rings. The maximum absolute atomic E-state index is 4.36. The van der Waals surface area contributed by atoms with Gasteiger partial charge < -0.3 is 10.6 Å². The number of halogens is 1. The molecule has 0 aromatic carbocycles. The lowest BCUT2D eigenvalue weighted by Crippen LogP contribution is -2.46. The Kier molecular flexibility index (Phi) is 10.6. The maximum atomic E-state index is 4.36. The van der Waals surface area contributed by atoms with Crippen molar-refractivity contribution >= 4 is 29.9 Å². The van der Waals surface area contributed by atoms with Gasteiger partial charge in [0.1, 0.15) is 0 Å². The molecule has 2 aliphatic carbocycles. The molecule has 6 heteroatoms. The van der Waals surface area contributed by atoms with E-state index in [-0.39, 0.29) is 24.0 Å². The van der Waals surface area contributed by atoms with E-state index in [4.69, 9.17) is 0 Å². The lowest BCUT2D eigenvalue weighted by atomic mass is 10.2. The van der Waals surface area contributed by atoms with Crippen molar-refractivity contribution in [2.24, 2.45) is 10.9 Å². The molecule has 148 valence electrons. The number of hydrogen-bond donors (Lipinski definition) is 2. The molecule has 2 saturated carbocycles. The zero-order chi connectivity index (χ0) is 17.5. The molecule has 0 radical (unpaired) electrons. The second kappa shape index (κ2) is 11.6. The van der Waals surface area contributed by atoms with Crippen molar-refractivity contribution in [3.63, 3.8) is 0 Å². The van der Waals surface area contributed by atoms with Crippen molar-refractivity contribution in [1.82, 2.24) is 20.4 Å². The zero-order valence-corrected chi connectivity index (χ0v) is 19.3. The third-order valence-corrected chi connectivity index (χ3v) is 5.16. The third kappa shape index (κ3) is 8.91. The largest absolute Gasteiger partial charge is 0.355 e. The van der Waals surface area contributed by atoms with Crippen LogP contribution in [0.4, 0.5) is 0 Å². The minimum Gasteiger partial charge on any atom is -0.355 e. The van der Waals surface area contributed by atoms with Gasteiger partial charge in [-0.25, -0.2) is 0 Å². The highest BCUT2D eigenvalue weighted by atomic mass is 127. The van der Waals surface area contributed by atoms with Crippen LogP contribution in [0.15, 0.2) is 4.99 Å². The number of nitrogens with one attached hydrogen (secondary N) is 2. The van der Waals surface area contributed by atoms with Crippen LogP contribution in [0.2, 0.25) is 0 Å². The standard InChI is InChI=1S/C19H39N5.HI/c1-15(2)24(16(3)4)13-11-22-19(20-5)21-10-12-23(18-8-9-18)14-17-6-7-17;/h15-18H,6-14H2,1-5H3,(H2,20,21,22);1H. The lowest BCUT2D eigenvalue weighted by molar-refractivity contribution is 0.178. The summed E-state index contributed by atoms with van der Waals surface area (Å²) in [5.41, 5.74) is 0. The highest BCUT2D eigenvalue weighted by Gasteiger charge is 2.33. The summed E-state index contributed by atoms with van der Waals surface area (Å²) in [6.45, 7) is 14.5. The molecule has 0 aliphatic heterocycles. The molecule has 0 spiro atoms. The highest BCUT2D eigenvalue weighted by Crippen LogP contribution is 2.34. The Morgan fingerprint density at radius 2 is 1.52 bits per heavy atom. The molecule has 0 unspecified atom stereocenters. The topological polar surface area (TPSA) is 42.9 Å². The Balaban J connectivity index is 0.00000312. The van der Waals surface area contributed by atoms with Gasteiger partial charge in [0.25, 0.3) is 0 Å².